The molecule has 4 rings (SSSR count). The number of amides is 2. The van der Waals surface area contributed by atoms with Crippen molar-refractivity contribution >= 4 is 23.4 Å². The predicted octanol–water partition coefficient (Wildman–Crippen LogP) is 4.24. The molecule has 0 bridgehead atoms. The first-order valence-electron chi connectivity index (χ1n) is 11.7. The normalized spacial score (nSPS) is 17.9. The Morgan fingerprint density at radius 2 is 1.75 bits per heavy atom. The van der Waals surface area contributed by atoms with Crippen molar-refractivity contribution in [1.29, 1.82) is 0 Å². The average molecular weight is 454 g/mol. The van der Waals surface area contributed by atoms with Crippen LogP contribution in [0.25, 0.3) is 0 Å². The molecule has 2 amide bonds. The first kappa shape index (κ1) is 22.8. The lowest BCUT2D eigenvalue weighted by Crippen LogP contribution is -2.40. The van der Waals surface area contributed by atoms with Crippen molar-refractivity contribution in [2.75, 3.05) is 32.7 Å². The van der Waals surface area contributed by atoms with Gasteiger partial charge >= 0.3 is 0 Å². The number of carbonyl (C=O) groups is 2. The minimum atomic E-state index is -0.0390. The second kappa shape index (κ2) is 10.5. The average Bonchev–Trinajstić information content (AvgIpc) is 3.04. The first-order chi connectivity index (χ1) is 15.5. The Kier molecular flexibility index (Phi) is 7.48. The number of halogens is 1. The molecule has 0 saturated carbocycles. The number of aryl methyl sites for hydroxylation is 2. The van der Waals surface area contributed by atoms with Crippen molar-refractivity contribution in [3.05, 3.63) is 69.7 Å². The summed E-state index contributed by atoms with van der Waals surface area (Å²) in [4.78, 5) is 29.6. The quantitative estimate of drug-likeness (QED) is 0.736. The fraction of sp³-hybridized carbons (Fsp3) is 0.462. The van der Waals surface area contributed by atoms with Gasteiger partial charge in [-0.1, -0.05) is 41.9 Å². The van der Waals surface area contributed by atoms with E-state index in [0.717, 1.165) is 19.4 Å². The van der Waals surface area contributed by atoms with Crippen LogP contribution in [0.15, 0.2) is 42.5 Å². The highest BCUT2D eigenvalue weighted by atomic mass is 35.5. The van der Waals surface area contributed by atoms with Gasteiger partial charge in [-0.25, -0.2) is 0 Å². The van der Waals surface area contributed by atoms with Gasteiger partial charge in [-0.05, 0) is 67.9 Å². The molecule has 0 radical (unpaired) electrons. The molecule has 1 aliphatic heterocycles. The molecular formula is C26H32ClN3O2. The summed E-state index contributed by atoms with van der Waals surface area (Å²) in [6.45, 7) is 5.15. The number of fused-ring (bicyclic) bond motifs is 1. The number of rotatable bonds is 5. The van der Waals surface area contributed by atoms with Crippen molar-refractivity contribution in [2.24, 2.45) is 0 Å². The Hall–Kier alpha value is -2.37. The number of nitrogens with one attached hydrogen (secondary N) is 1. The molecule has 1 fully saturated rings. The lowest BCUT2D eigenvalue weighted by atomic mass is 9.89. The fourth-order valence-corrected chi connectivity index (χ4v) is 4.95. The molecule has 1 atom stereocenters. The van der Waals surface area contributed by atoms with Crippen LogP contribution < -0.4 is 5.32 Å². The standard InChI is InChI=1S/C26H32ClN3O2/c1-19(21-12-11-20-7-2-3-8-22(20)17-21)28-25(31)18-29-13-6-14-30(16-15-29)26(32)23-9-4-5-10-24(23)27/h4-5,9-12,17,19H,2-3,6-8,13-16,18H2,1H3,(H,28,31). The summed E-state index contributed by atoms with van der Waals surface area (Å²) in [6.07, 6.45) is 5.67. The molecule has 1 heterocycles. The zero-order valence-corrected chi connectivity index (χ0v) is 19.5. The highest BCUT2D eigenvalue weighted by Gasteiger charge is 2.23. The van der Waals surface area contributed by atoms with Gasteiger partial charge in [-0.2, -0.15) is 0 Å². The van der Waals surface area contributed by atoms with Gasteiger partial charge in [0.15, 0.2) is 0 Å². The lowest BCUT2D eigenvalue weighted by Gasteiger charge is -2.23. The van der Waals surface area contributed by atoms with E-state index < -0.39 is 0 Å². The molecule has 1 aliphatic carbocycles. The van der Waals surface area contributed by atoms with Gasteiger partial charge in [0, 0.05) is 26.2 Å². The SMILES string of the molecule is CC(NC(=O)CN1CCCN(C(=O)c2ccccc2Cl)CC1)c1ccc2c(c1)CCCC2. The second-order valence-electron chi connectivity index (χ2n) is 8.93. The predicted molar refractivity (Wildman–Crippen MR) is 128 cm³/mol. The number of hydrogen-bond donors (Lipinski definition) is 1. The summed E-state index contributed by atoms with van der Waals surface area (Å²) >= 11 is 6.20. The smallest absolute Gasteiger partial charge is 0.255 e. The Morgan fingerprint density at radius 1 is 0.969 bits per heavy atom. The van der Waals surface area contributed by atoms with Crippen LogP contribution in [-0.4, -0.2) is 54.3 Å². The molecule has 1 unspecified atom stereocenters. The van der Waals surface area contributed by atoms with E-state index >= 15 is 0 Å². The van der Waals surface area contributed by atoms with Gasteiger partial charge in [0.25, 0.3) is 5.91 Å². The van der Waals surface area contributed by atoms with E-state index in [4.69, 9.17) is 11.6 Å². The Labute approximate surface area is 195 Å². The van der Waals surface area contributed by atoms with Crippen molar-refractivity contribution in [3.8, 4) is 0 Å². The minimum Gasteiger partial charge on any atom is -0.348 e. The zero-order valence-electron chi connectivity index (χ0n) is 18.8. The third kappa shape index (κ3) is 5.51. The van der Waals surface area contributed by atoms with Crippen LogP contribution in [0.3, 0.4) is 0 Å². The molecule has 1 N–H and O–H groups in total. The molecule has 0 aromatic heterocycles. The van der Waals surface area contributed by atoms with E-state index in [1.54, 1.807) is 12.1 Å². The minimum absolute atomic E-state index is 0.0139. The highest BCUT2D eigenvalue weighted by Crippen LogP contribution is 2.25. The molecule has 5 nitrogen and oxygen atoms in total. The number of benzene rings is 2. The van der Waals surface area contributed by atoms with Gasteiger partial charge in [0.1, 0.15) is 0 Å². The van der Waals surface area contributed by atoms with Gasteiger partial charge in [0.2, 0.25) is 5.91 Å². The molecule has 2 aromatic carbocycles. The van der Waals surface area contributed by atoms with Crippen LogP contribution in [-0.2, 0) is 17.6 Å². The number of hydrogen-bond acceptors (Lipinski definition) is 3. The molecular weight excluding hydrogens is 422 g/mol. The Balaban J connectivity index is 1.29. The molecule has 2 aliphatic rings. The molecule has 2 aromatic rings. The van der Waals surface area contributed by atoms with E-state index in [1.165, 1.54) is 36.0 Å². The van der Waals surface area contributed by atoms with Crippen molar-refractivity contribution in [3.63, 3.8) is 0 Å². The van der Waals surface area contributed by atoms with E-state index in [0.29, 0.717) is 36.8 Å². The van der Waals surface area contributed by atoms with E-state index in [2.05, 4.69) is 35.3 Å². The van der Waals surface area contributed by atoms with Gasteiger partial charge in [-0.3, -0.25) is 14.5 Å². The topological polar surface area (TPSA) is 52.7 Å². The third-order valence-corrected chi connectivity index (χ3v) is 6.93. The molecule has 32 heavy (non-hydrogen) atoms. The maximum atomic E-state index is 12.9. The van der Waals surface area contributed by atoms with Crippen LogP contribution in [0.5, 0.6) is 0 Å². The maximum Gasteiger partial charge on any atom is 0.255 e. The lowest BCUT2D eigenvalue weighted by molar-refractivity contribution is -0.122. The first-order valence-corrected chi connectivity index (χ1v) is 12.1. The van der Waals surface area contributed by atoms with E-state index in [1.807, 2.05) is 17.0 Å². The monoisotopic (exact) mass is 453 g/mol. The van der Waals surface area contributed by atoms with Crippen LogP contribution in [0.4, 0.5) is 0 Å². The van der Waals surface area contributed by atoms with Crippen LogP contribution in [0.1, 0.15) is 59.3 Å². The Bertz CT molecular complexity index is 977. The van der Waals surface area contributed by atoms with Crippen molar-refractivity contribution in [1.82, 2.24) is 15.1 Å². The van der Waals surface area contributed by atoms with E-state index in [9.17, 15) is 9.59 Å². The zero-order chi connectivity index (χ0) is 22.5. The molecule has 1 saturated heterocycles. The summed E-state index contributed by atoms with van der Waals surface area (Å²) in [5.41, 5.74) is 4.61. The fourth-order valence-electron chi connectivity index (χ4n) is 4.73. The van der Waals surface area contributed by atoms with Crippen LogP contribution in [0.2, 0.25) is 5.02 Å². The van der Waals surface area contributed by atoms with Crippen molar-refractivity contribution in [2.45, 2.75) is 45.1 Å². The summed E-state index contributed by atoms with van der Waals surface area (Å²) < 4.78 is 0. The molecule has 6 heteroatoms. The van der Waals surface area contributed by atoms with E-state index in [-0.39, 0.29) is 17.9 Å². The number of nitrogens with zero attached hydrogens (tertiary/aromatic N) is 2. The van der Waals surface area contributed by atoms with Gasteiger partial charge in [0.05, 0.1) is 23.2 Å². The molecule has 170 valence electrons. The summed E-state index contributed by atoms with van der Waals surface area (Å²) in [5, 5.41) is 3.64. The third-order valence-electron chi connectivity index (χ3n) is 6.60. The van der Waals surface area contributed by atoms with Crippen molar-refractivity contribution < 1.29 is 9.59 Å². The molecule has 0 spiro atoms. The highest BCUT2D eigenvalue weighted by molar-refractivity contribution is 6.33. The Morgan fingerprint density at radius 3 is 2.56 bits per heavy atom. The number of carbonyl (C=O) groups excluding carboxylic acids is 2. The summed E-state index contributed by atoms with van der Waals surface area (Å²) in [7, 11) is 0. The summed E-state index contributed by atoms with van der Waals surface area (Å²) in [6, 6.07) is 13.8. The van der Waals surface area contributed by atoms with Crippen LogP contribution in [0, 0.1) is 0 Å². The van der Waals surface area contributed by atoms with Gasteiger partial charge in [-0.15, -0.1) is 0 Å². The summed E-state index contributed by atoms with van der Waals surface area (Å²) in [5.74, 6) is -0.0102. The maximum absolute atomic E-state index is 12.9. The largest absolute Gasteiger partial charge is 0.348 e. The van der Waals surface area contributed by atoms with Crippen LogP contribution >= 0.6 is 11.6 Å². The van der Waals surface area contributed by atoms with Gasteiger partial charge < -0.3 is 10.2 Å². The second-order valence-corrected chi connectivity index (χ2v) is 9.33.